The van der Waals surface area contributed by atoms with E-state index in [9.17, 15) is 4.79 Å². The van der Waals surface area contributed by atoms with Crippen LogP contribution >= 0.6 is 0 Å². The summed E-state index contributed by atoms with van der Waals surface area (Å²) in [5.74, 6) is 0.645. The first-order valence-corrected chi connectivity index (χ1v) is 11.4. The van der Waals surface area contributed by atoms with Crippen molar-refractivity contribution in [3.63, 3.8) is 0 Å². The molecule has 0 spiro atoms. The van der Waals surface area contributed by atoms with Crippen LogP contribution in [0.25, 0.3) is 11.4 Å². The summed E-state index contributed by atoms with van der Waals surface area (Å²) >= 11 is 0. The normalized spacial score (nSPS) is 14.7. The summed E-state index contributed by atoms with van der Waals surface area (Å²) in [6, 6.07) is 9.79. The largest absolute Gasteiger partial charge is 0.324 e. The predicted octanol–water partition coefficient (Wildman–Crippen LogP) is 5.51. The number of hydrogen-bond donors (Lipinski definition) is 1. The second-order valence-electron chi connectivity index (χ2n) is 8.48. The predicted molar refractivity (Wildman–Crippen MR) is 128 cm³/mol. The van der Waals surface area contributed by atoms with Crippen LogP contribution in [0.15, 0.2) is 41.5 Å². The molecule has 1 aromatic carbocycles. The summed E-state index contributed by atoms with van der Waals surface area (Å²) in [4.78, 5) is 26.0. The smallest absolute Gasteiger partial charge is 0.294 e. The van der Waals surface area contributed by atoms with Crippen molar-refractivity contribution < 1.29 is 4.79 Å². The summed E-state index contributed by atoms with van der Waals surface area (Å²) in [7, 11) is 0. The van der Waals surface area contributed by atoms with Gasteiger partial charge >= 0.3 is 0 Å². The minimum atomic E-state index is -0.251. The molecule has 3 aromatic rings. The van der Waals surface area contributed by atoms with Crippen molar-refractivity contribution in [1.82, 2.24) is 19.7 Å². The minimum absolute atomic E-state index is 0.251. The Labute approximate surface area is 189 Å². The van der Waals surface area contributed by atoms with Gasteiger partial charge in [0.2, 0.25) is 5.95 Å². The SMILES string of the molecule is CCn1nc(-c2ccnc(Nc3cc(C)cc(C)c3)n2)cc1C(=O)N=CC1CCCCC1. The zero-order chi connectivity index (χ0) is 22.5. The Morgan fingerprint density at radius 1 is 1.12 bits per heavy atom. The van der Waals surface area contributed by atoms with Crippen LogP contribution in [0, 0.1) is 19.8 Å². The van der Waals surface area contributed by atoms with E-state index in [-0.39, 0.29) is 5.91 Å². The van der Waals surface area contributed by atoms with Crippen molar-refractivity contribution in [2.45, 2.75) is 59.4 Å². The first-order valence-electron chi connectivity index (χ1n) is 11.4. The number of amides is 1. The van der Waals surface area contributed by atoms with Gasteiger partial charge in [-0.25, -0.2) is 15.0 Å². The Morgan fingerprint density at radius 3 is 2.59 bits per heavy atom. The number of hydrogen-bond acceptors (Lipinski definition) is 5. The van der Waals surface area contributed by atoms with Gasteiger partial charge in [0.15, 0.2) is 0 Å². The second-order valence-corrected chi connectivity index (χ2v) is 8.48. The van der Waals surface area contributed by atoms with E-state index in [1.54, 1.807) is 23.0 Å². The van der Waals surface area contributed by atoms with E-state index in [0.717, 1.165) is 18.5 Å². The van der Waals surface area contributed by atoms with Crippen molar-refractivity contribution in [3.05, 3.63) is 53.3 Å². The van der Waals surface area contributed by atoms with E-state index in [1.165, 1.54) is 30.4 Å². The number of nitrogens with one attached hydrogen (secondary N) is 1. The first-order chi connectivity index (χ1) is 15.5. The molecule has 7 heteroatoms. The maximum atomic E-state index is 12.8. The Balaban J connectivity index is 1.55. The molecule has 0 radical (unpaired) electrons. The average Bonchev–Trinajstić information content (AvgIpc) is 3.22. The number of aromatic nitrogens is 4. The van der Waals surface area contributed by atoms with Gasteiger partial charge in [0, 0.05) is 24.6 Å². The highest BCUT2D eigenvalue weighted by Gasteiger charge is 2.17. The zero-order valence-electron chi connectivity index (χ0n) is 19.0. The third-order valence-electron chi connectivity index (χ3n) is 5.75. The van der Waals surface area contributed by atoms with Crippen molar-refractivity contribution in [2.24, 2.45) is 10.9 Å². The van der Waals surface area contributed by atoms with Crippen LogP contribution in [0.4, 0.5) is 11.6 Å². The average molecular weight is 431 g/mol. The maximum Gasteiger partial charge on any atom is 0.294 e. The second kappa shape index (κ2) is 9.85. The highest BCUT2D eigenvalue weighted by atomic mass is 16.1. The zero-order valence-corrected chi connectivity index (χ0v) is 19.0. The number of anilines is 2. The lowest BCUT2D eigenvalue weighted by atomic mass is 9.90. The van der Waals surface area contributed by atoms with E-state index >= 15 is 0 Å². The Hall–Kier alpha value is -3.35. The van der Waals surface area contributed by atoms with Gasteiger partial charge in [-0.05, 0) is 74.9 Å². The van der Waals surface area contributed by atoms with Crippen molar-refractivity contribution in [2.75, 3.05) is 5.32 Å². The maximum absolute atomic E-state index is 12.8. The number of benzene rings is 1. The number of aliphatic imine (C=N–C) groups is 1. The van der Waals surface area contributed by atoms with Crippen LogP contribution in [0.5, 0.6) is 0 Å². The Bertz CT molecular complexity index is 1110. The van der Waals surface area contributed by atoms with E-state index in [0.29, 0.717) is 35.5 Å². The van der Waals surface area contributed by atoms with E-state index in [2.05, 4.69) is 57.4 Å². The third kappa shape index (κ3) is 5.28. The fraction of sp³-hybridized carbons (Fsp3) is 0.400. The molecular weight excluding hydrogens is 400 g/mol. The van der Waals surface area contributed by atoms with Crippen LogP contribution < -0.4 is 5.32 Å². The van der Waals surface area contributed by atoms with Crippen LogP contribution in [0.1, 0.15) is 60.6 Å². The van der Waals surface area contributed by atoms with Crippen molar-refractivity contribution in [3.8, 4) is 11.4 Å². The first kappa shape index (κ1) is 21.9. The summed E-state index contributed by atoms with van der Waals surface area (Å²) in [6.07, 6.45) is 9.48. The van der Waals surface area contributed by atoms with E-state index in [4.69, 9.17) is 0 Å². The molecule has 4 rings (SSSR count). The van der Waals surface area contributed by atoms with Gasteiger partial charge in [0.05, 0.1) is 5.69 Å². The molecule has 0 unspecified atom stereocenters. The van der Waals surface area contributed by atoms with Gasteiger partial charge in [-0.15, -0.1) is 0 Å². The van der Waals surface area contributed by atoms with E-state index < -0.39 is 0 Å². The molecule has 1 amide bonds. The molecular formula is C25H30N6O. The van der Waals surface area contributed by atoms with Gasteiger partial charge in [0.1, 0.15) is 11.4 Å². The highest BCUT2D eigenvalue weighted by Crippen LogP contribution is 2.23. The van der Waals surface area contributed by atoms with Gasteiger partial charge < -0.3 is 5.32 Å². The molecule has 0 aliphatic heterocycles. The van der Waals surface area contributed by atoms with Crippen LogP contribution in [-0.2, 0) is 6.54 Å². The number of carbonyl (C=O) groups excluding carboxylic acids is 1. The number of carbonyl (C=O) groups is 1. The minimum Gasteiger partial charge on any atom is -0.324 e. The summed E-state index contributed by atoms with van der Waals surface area (Å²) in [6.45, 7) is 6.66. The highest BCUT2D eigenvalue weighted by molar-refractivity contribution is 5.98. The number of aryl methyl sites for hydroxylation is 3. The lowest BCUT2D eigenvalue weighted by Crippen LogP contribution is -2.11. The molecule has 2 aromatic heterocycles. The Morgan fingerprint density at radius 2 is 1.88 bits per heavy atom. The lowest BCUT2D eigenvalue weighted by Gasteiger charge is -2.16. The molecule has 1 aliphatic carbocycles. The van der Waals surface area contributed by atoms with Gasteiger partial charge in [-0.1, -0.05) is 25.3 Å². The molecule has 0 bridgehead atoms. The summed E-state index contributed by atoms with van der Waals surface area (Å²) < 4.78 is 1.69. The topological polar surface area (TPSA) is 85.1 Å². The van der Waals surface area contributed by atoms with Gasteiger partial charge in [-0.3, -0.25) is 9.48 Å². The quantitative estimate of drug-likeness (QED) is 0.521. The summed E-state index contributed by atoms with van der Waals surface area (Å²) in [5.41, 5.74) is 5.05. The molecule has 0 atom stereocenters. The Kier molecular flexibility index (Phi) is 6.73. The van der Waals surface area contributed by atoms with Crippen LogP contribution in [-0.4, -0.2) is 31.9 Å². The molecule has 7 nitrogen and oxygen atoms in total. The molecule has 1 fully saturated rings. The monoisotopic (exact) mass is 430 g/mol. The van der Waals surface area contributed by atoms with Gasteiger partial charge in [0.25, 0.3) is 5.91 Å². The molecule has 1 aliphatic rings. The number of nitrogens with zero attached hydrogens (tertiary/aromatic N) is 5. The molecule has 166 valence electrons. The number of rotatable bonds is 6. The van der Waals surface area contributed by atoms with Gasteiger partial charge in [-0.2, -0.15) is 5.10 Å². The molecule has 1 N–H and O–H groups in total. The third-order valence-corrected chi connectivity index (χ3v) is 5.75. The molecule has 2 heterocycles. The van der Waals surface area contributed by atoms with Crippen molar-refractivity contribution >= 4 is 23.8 Å². The molecule has 32 heavy (non-hydrogen) atoms. The standard InChI is InChI=1S/C25H30N6O/c1-4-31-23(24(32)27-16-19-8-6-5-7-9-19)15-22(30-31)21-10-11-26-25(29-21)28-20-13-17(2)12-18(3)14-20/h10-16,19H,4-9H2,1-3H3,(H,26,28,29). The molecule has 0 saturated heterocycles. The van der Waals surface area contributed by atoms with Crippen molar-refractivity contribution in [1.29, 1.82) is 0 Å². The van der Waals surface area contributed by atoms with Crippen LogP contribution in [0.2, 0.25) is 0 Å². The lowest BCUT2D eigenvalue weighted by molar-refractivity contribution is 0.0992. The van der Waals surface area contributed by atoms with Crippen LogP contribution in [0.3, 0.4) is 0 Å². The molecule has 1 saturated carbocycles. The fourth-order valence-electron chi connectivity index (χ4n) is 4.22. The summed E-state index contributed by atoms with van der Waals surface area (Å²) in [5, 5.41) is 7.86. The fourth-order valence-corrected chi connectivity index (χ4v) is 4.22. The van der Waals surface area contributed by atoms with E-state index in [1.807, 2.05) is 13.1 Å².